The molecule has 1 aliphatic heterocycles. The molecule has 2 aromatic carbocycles. The molecule has 23 heavy (non-hydrogen) atoms. The van der Waals surface area contributed by atoms with E-state index >= 15 is 0 Å². The molecule has 0 aliphatic carbocycles. The third-order valence-corrected chi connectivity index (χ3v) is 4.00. The van der Waals surface area contributed by atoms with Crippen molar-refractivity contribution in [2.24, 2.45) is 0 Å². The second-order valence-corrected chi connectivity index (χ2v) is 6.70. The van der Waals surface area contributed by atoms with Crippen molar-refractivity contribution in [3.05, 3.63) is 59.1 Å². The Labute approximate surface area is 140 Å². The molecular formula is C18H19ClN2O2. The number of hydrogen-bond donors (Lipinski definition) is 2. The van der Waals surface area contributed by atoms with E-state index < -0.39 is 0 Å². The quantitative estimate of drug-likeness (QED) is 0.833. The van der Waals surface area contributed by atoms with Crippen molar-refractivity contribution in [1.82, 2.24) is 5.32 Å². The first-order valence-electron chi connectivity index (χ1n) is 7.54. The smallest absolute Gasteiger partial charge is 0.319 e. The second-order valence-electron chi connectivity index (χ2n) is 6.27. The highest BCUT2D eigenvalue weighted by Gasteiger charge is 2.34. The van der Waals surface area contributed by atoms with Crippen molar-refractivity contribution >= 4 is 23.3 Å². The van der Waals surface area contributed by atoms with E-state index in [2.05, 4.69) is 10.6 Å². The lowest BCUT2D eigenvalue weighted by molar-refractivity contribution is 0.0683. The van der Waals surface area contributed by atoms with E-state index in [0.29, 0.717) is 17.1 Å². The molecule has 0 saturated carbocycles. The number of amides is 2. The van der Waals surface area contributed by atoms with E-state index in [4.69, 9.17) is 16.3 Å². The lowest BCUT2D eigenvalue weighted by atomic mass is 9.90. The van der Waals surface area contributed by atoms with Gasteiger partial charge >= 0.3 is 6.03 Å². The van der Waals surface area contributed by atoms with Crippen LogP contribution in [0.25, 0.3) is 0 Å². The Morgan fingerprint density at radius 2 is 2.00 bits per heavy atom. The van der Waals surface area contributed by atoms with Gasteiger partial charge in [0.25, 0.3) is 0 Å². The van der Waals surface area contributed by atoms with Crippen LogP contribution in [-0.2, 0) is 0 Å². The first-order valence-corrected chi connectivity index (χ1v) is 7.92. The van der Waals surface area contributed by atoms with Crippen molar-refractivity contribution in [1.29, 1.82) is 0 Å². The summed E-state index contributed by atoms with van der Waals surface area (Å²) in [5.74, 6) is 0.816. The number of para-hydroxylation sites is 1. The molecule has 3 rings (SSSR count). The predicted octanol–water partition coefficient (Wildman–Crippen LogP) is 4.76. The normalized spacial score (nSPS) is 18.5. The van der Waals surface area contributed by atoms with Gasteiger partial charge in [-0.3, -0.25) is 0 Å². The molecule has 5 heteroatoms. The Hall–Kier alpha value is -2.20. The molecule has 0 spiro atoms. The molecule has 1 atom stereocenters. The highest BCUT2D eigenvalue weighted by atomic mass is 35.5. The number of rotatable bonds is 2. The molecule has 2 amide bonds. The van der Waals surface area contributed by atoms with Gasteiger partial charge in [0.1, 0.15) is 11.4 Å². The number of halogens is 1. The predicted molar refractivity (Wildman–Crippen MR) is 92.1 cm³/mol. The fourth-order valence-electron chi connectivity index (χ4n) is 2.82. The average Bonchev–Trinajstić information content (AvgIpc) is 2.46. The molecule has 1 aliphatic rings. The lowest BCUT2D eigenvalue weighted by Gasteiger charge is -2.37. The minimum atomic E-state index is -0.331. The van der Waals surface area contributed by atoms with Crippen LogP contribution in [0.3, 0.4) is 0 Å². The van der Waals surface area contributed by atoms with Crippen LogP contribution in [0.2, 0.25) is 5.02 Å². The van der Waals surface area contributed by atoms with Gasteiger partial charge in [0, 0.05) is 22.7 Å². The Morgan fingerprint density at radius 1 is 1.22 bits per heavy atom. The maximum Gasteiger partial charge on any atom is 0.319 e. The maximum absolute atomic E-state index is 12.3. The zero-order valence-electron chi connectivity index (χ0n) is 13.1. The van der Waals surface area contributed by atoms with E-state index in [0.717, 1.165) is 11.3 Å². The number of urea groups is 1. The van der Waals surface area contributed by atoms with E-state index in [1.54, 1.807) is 24.3 Å². The van der Waals surface area contributed by atoms with Gasteiger partial charge < -0.3 is 15.4 Å². The molecule has 0 bridgehead atoms. The Bertz CT molecular complexity index is 730. The van der Waals surface area contributed by atoms with Gasteiger partial charge in [-0.2, -0.15) is 0 Å². The van der Waals surface area contributed by atoms with E-state index in [1.165, 1.54) is 0 Å². The molecular weight excluding hydrogens is 312 g/mol. The van der Waals surface area contributed by atoms with Crippen LogP contribution in [0.1, 0.15) is 31.9 Å². The fourth-order valence-corrected chi connectivity index (χ4v) is 3.01. The van der Waals surface area contributed by atoms with Gasteiger partial charge in [-0.15, -0.1) is 0 Å². The topological polar surface area (TPSA) is 50.4 Å². The zero-order valence-corrected chi connectivity index (χ0v) is 13.9. The van der Waals surface area contributed by atoms with Gasteiger partial charge in [0.05, 0.1) is 6.04 Å². The number of carbonyl (C=O) groups excluding carboxylic acids is 1. The third kappa shape index (κ3) is 3.77. The Morgan fingerprint density at radius 3 is 2.78 bits per heavy atom. The molecule has 0 radical (unpaired) electrons. The monoisotopic (exact) mass is 330 g/mol. The van der Waals surface area contributed by atoms with Crippen molar-refractivity contribution < 1.29 is 9.53 Å². The first-order chi connectivity index (χ1) is 10.9. The number of carbonyl (C=O) groups is 1. The van der Waals surface area contributed by atoms with Crippen LogP contribution >= 0.6 is 11.6 Å². The SMILES string of the molecule is CC1(C)C[C@@H](NC(=O)Nc2cccc(Cl)c2)c2ccccc2O1. The van der Waals surface area contributed by atoms with Gasteiger partial charge in [-0.1, -0.05) is 35.9 Å². The largest absolute Gasteiger partial charge is 0.487 e. The number of anilines is 1. The lowest BCUT2D eigenvalue weighted by Crippen LogP contribution is -2.42. The summed E-state index contributed by atoms with van der Waals surface area (Å²) < 4.78 is 5.98. The Balaban J connectivity index is 1.75. The molecule has 120 valence electrons. The highest BCUT2D eigenvalue weighted by molar-refractivity contribution is 6.30. The van der Waals surface area contributed by atoms with Gasteiger partial charge in [-0.25, -0.2) is 4.79 Å². The number of benzene rings is 2. The minimum Gasteiger partial charge on any atom is -0.487 e. The number of ether oxygens (including phenoxy) is 1. The van der Waals surface area contributed by atoms with Crippen LogP contribution < -0.4 is 15.4 Å². The first kappa shape index (κ1) is 15.7. The van der Waals surface area contributed by atoms with Crippen molar-refractivity contribution in [2.75, 3.05) is 5.32 Å². The van der Waals surface area contributed by atoms with Crippen molar-refractivity contribution in [3.63, 3.8) is 0 Å². The standard InChI is InChI=1S/C18H19ClN2O2/c1-18(2)11-15(14-8-3-4-9-16(14)23-18)21-17(22)20-13-7-5-6-12(19)10-13/h3-10,15H,11H2,1-2H3,(H2,20,21,22)/t15-/m1/s1. The van der Waals surface area contributed by atoms with Crippen LogP contribution in [0.15, 0.2) is 48.5 Å². The van der Waals surface area contributed by atoms with Gasteiger partial charge in [0.15, 0.2) is 0 Å². The van der Waals surface area contributed by atoms with Gasteiger partial charge in [0.2, 0.25) is 0 Å². The molecule has 2 aromatic rings. The van der Waals surface area contributed by atoms with Crippen LogP contribution in [0.5, 0.6) is 5.75 Å². The van der Waals surface area contributed by atoms with Crippen molar-refractivity contribution in [3.8, 4) is 5.75 Å². The average molecular weight is 331 g/mol. The molecule has 2 N–H and O–H groups in total. The number of fused-ring (bicyclic) bond motifs is 1. The van der Waals surface area contributed by atoms with Crippen molar-refractivity contribution in [2.45, 2.75) is 31.9 Å². The van der Waals surface area contributed by atoms with Crippen LogP contribution in [-0.4, -0.2) is 11.6 Å². The van der Waals surface area contributed by atoms with E-state index in [-0.39, 0.29) is 17.7 Å². The molecule has 0 fully saturated rings. The molecule has 0 saturated heterocycles. The molecule has 0 unspecified atom stereocenters. The summed E-state index contributed by atoms with van der Waals surface area (Å²) in [5, 5.41) is 6.42. The third-order valence-electron chi connectivity index (χ3n) is 3.76. The molecule has 0 aromatic heterocycles. The van der Waals surface area contributed by atoms with Crippen LogP contribution in [0.4, 0.5) is 10.5 Å². The Kier molecular flexibility index (Phi) is 4.18. The number of nitrogens with one attached hydrogen (secondary N) is 2. The summed E-state index contributed by atoms with van der Waals surface area (Å²) in [6.45, 7) is 4.04. The summed E-state index contributed by atoms with van der Waals surface area (Å²) in [4.78, 5) is 12.3. The fraction of sp³-hybridized carbons (Fsp3) is 0.278. The molecule has 1 heterocycles. The summed E-state index contributed by atoms with van der Waals surface area (Å²) in [6, 6.07) is 14.5. The summed E-state index contributed by atoms with van der Waals surface area (Å²) in [5.41, 5.74) is 1.32. The maximum atomic E-state index is 12.3. The van der Waals surface area contributed by atoms with Gasteiger partial charge in [-0.05, 0) is 38.1 Å². The highest BCUT2D eigenvalue weighted by Crippen LogP contribution is 2.39. The zero-order chi connectivity index (χ0) is 16.4. The van der Waals surface area contributed by atoms with E-state index in [9.17, 15) is 4.79 Å². The van der Waals surface area contributed by atoms with E-state index in [1.807, 2.05) is 38.1 Å². The summed E-state index contributed by atoms with van der Waals surface area (Å²) in [7, 11) is 0. The second kappa shape index (κ2) is 6.13. The molecule has 4 nitrogen and oxygen atoms in total. The summed E-state index contributed by atoms with van der Waals surface area (Å²) in [6.07, 6.45) is 0.701. The summed E-state index contributed by atoms with van der Waals surface area (Å²) >= 11 is 5.94. The van der Waals surface area contributed by atoms with Crippen LogP contribution in [0, 0.1) is 0 Å². The number of hydrogen-bond acceptors (Lipinski definition) is 2. The minimum absolute atomic E-state index is 0.103.